The number of rotatable bonds is 17. The Morgan fingerprint density at radius 3 is 2.56 bits per heavy atom. The number of hydrogen-bond acceptors (Lipinski definition) is 9. The van der Waals surface area contributed by atoms with Crippen LogP contribution in [-0.4, -0.2) is 82.2 Å². The summed E-state index contributed by atoms with van der Waals surface area (Å²) in [6.07, 6.45) is 10.5. The highest BCUT2D eigenvalue weighted by molar-refractivity contribution is 7.92. The first-order chi connectivity index (χ1) is 27.7. The van der Waals surface area contributed by atoms with Crippen molar-refractivity contribution in [1.29, 1.82) is 0 Å². The van der Waals surface area contributed by atoms with Crippen LogP contribution < -0.4 is 14.8 Å². The molecule has 16 heteroatoms. The van der Waals surface area contributed by atoms with E-state index in [0.717, 1.165) is 80.5 Å². The average molecular weight is 796 g/mol. The minimum atomic E-state index is -4.26. The van der Waals surface area contributed by atoms with E-state index in [0.29, 0.717) is 47.1 Å². The van der Waals surface area contributed by atoms with E-state index in [1.54, 1.807) is 18.2 Å². The van der Waals surface area contributed by atoms with E-state index < -0.39 is 33.0 Å². The highest BCUT2D eigenvalue weighted by Crippen LogP contribution is 2.31. The number of amides is 1. The van der Waals surface area contributed by atoms with Gasteiger partial charge in [-0.15, -0.1) is 10.2 Å². The maximum atomic E-state index is 15.9. The lowest BCUT2D eigenvalue weighted by molar-refractivity contribution is -0.116. The number of ether oxygens (including phenoxy) is 1. The maximum Gasteiger partial charge on any atom is 0.262 e. The number of hydrogen-bond donors (Lipinski definition) is 3. The van der Waals surface area contributed by atoms with Crippen LogP contribution in [0, 0.1) is 17.6 Å². The Labute approximate surface area is 329 Å². The molecule has 0 unspecified atom stereocenters. The summed E-state index contributed by atoms with van der Waals surface area (Å²) >= 11 is 0. The number of sulfonamides is 1. The summed E-state index contributed by atoms with van der Waals surface area (Å²) in [5.74, 6) is -1.49. The van der Waals surface area contributed by atoms with Gasteiger partial charge in [0, 0.05) is 18.3 Å². The number of carbonyl (C=O) groups excluding carboxylic acids is 1. The van der Waals surface area contributed by atoms with Crippen molar-refractivity contribution in [2.75, 3.05) is 37.5 Å². The van der Waals surface area contributed by atoms with E-state index in [4.69, 9.17) is 4.74 Å². The molecular weight excluding hydrogens is 753 g/mol. The molecule has 1 aliphatic heterocycles. The molecule has 1 amide bonds. The molecule has 0 radical (unpaired) electrons. The molecule has 1 saturated heterocycles. The SMILES string of the molecule is C=CC(=O)NCCCCCCN1CCC(COc2n[nH]c3ncc(-c4cn(-c5c(F)ccc(NS(=O)(=O)c6cccc(-c7ccccc7)c6)c5F)nn4)cc23)CC1. The Morgan fingerprint density at radius 2 is 1.75 bits per heavy atom. The highest BCUT2D eigenvalue weighted by atomic mass is 32.2. The van der Waals surface area contributed by atoms with Gasteiger partial charge in [-0.1, -0.05) is 67.1 Å². The van der Waals surface area contributed by atoms with Gasteiger partial charge in [0.1, 0.15) is 11.4 Å². The van der Waals surface area contributed by atoms with Crippen molar-refractivity contribution >= 4 is 32.7 Å². The number of anilines is 1. The molecule has 3 N–H and O–H groups in total. The number of aromatic nitrogens is 6. The summed E-state index contributed by atoms with van der Waals surface area (Å²) in [5, 5.41) is 18.8. The predicted molar refractivity (Wildman–Crippen MR) is 213 cm³/mol. The normalized spacial score (nSPS) is 13.8. The van der Waals surface area contributed by atoms with Gasteiger partial charge in [-0.05, 0) is 98.8 Å². The van der Waals surface area contributed by atoms with E-state index in [2.05, 4.69) is 47.0 Å². The molecule has 57 heavy (non-hydrogen) atoms. The lowest BCUT2D eigenvalue weighted by Gasteiger charge is -2.31. The highest BCUT2D eigenvalue weighted by Gasteiger charge is 2.24. The number of aromatic amines is 1. The van der Waals surface area contributed by atoms with Crippen LogP contribution >= 0.6 is 0 Å². The number of H-pyrrole nitrogens is 1. The van der Waals surface area contributed by atoms with Crippen molar-refractivity contribution in [2.45, 2.75) is 43.4 Å². The van der Waals surface area contributed by atoms with E-state index in [1.165, 1.54) is 30.6 Å². The number of unbranched alkanes of at least 4 members (excludes halogenated alkanes) is 3. The first-order valence-corrected chi connectivity index (χ1v) is 20.4. The molecule has 296 valence electrons. The number of nitrogens with zero attached hydrogens (tertiary/aromatic N) is 6. The third kappa shape index (κ3) is 9.52. The molecule has 0 saturated carbocycles. The Kier molecular flexibility index (Phi) is 12.3. The summed E-state index contributed by atoms with van der Waals surface area (Å²) < 4.78 is 67.2. The number of fused-ring (bicyclic) bond motifs is 1. The molecule has 0 aliphatic carbocycles. The maximum absolute atomic E-state index is 15.9. The minimum Gasteiger partial charge on any atom is -0.476 e. The topological polar surface area (TPSA) is 160 Å². The lowest BCUT2D eigenvalue weighted by Crippen LogP contribution is -2.36. The second-order valence-electron chi connectivity index (χ2n) is 14.0. The van der Waals surface area contributed by atoms with Gasteiger partial charge < -0.3 is 15.0 Å². The molecule has 1 aliphatic rings. The fraction of sp³-hybridized carbons (Fsp3) is 0.293. The van der Waals surface area contributed by atoms with Gasteiger partial charge in [0.25, 0.3) is 10.0 Å². The van der Waals surface area contributed by atoms with Crippen LogP contribution in [0.15, 0.2) is 103 Å². The Morgan fingerprint density at radius 1 is 0.965 bits per heavy atom. The molecule has 4 heterocycles. The molecule has 0 atom stereocenters. The van der Waals surface area contributed by atoms with Crippen LogP contribution in [0.5, 0.6) is 5.88 Å². The van der Waals surface area contributed by atoms with Crippen LogP contribution in [0.2, 0.25) is 0 Å². The van der Waals surface area contributed by atoms with Gasteiger partial charge in [-0.3, -0.25) is 14.6 Å². The van der Waals surface area contributed by atoms with E-state index in [9.17, 15) is 13.2 Å². The average Bonchev–Trinajstić information content (AvgIpc) is 3.89. The summed E-state index contributed by atoms with van der Waals surface area (Å²) in [5.41, 5.74) is 1.69. The van der Waals surface area contributed by atoms with E-state index in [-0.39, 0.29) is 16.5 Å². The smallest absolute Gasteiger partial charge is 0.262 e. The summed E-state index contributed by atoms with van der Waals surface area (Å²) in [6, 6.07) is 19.2. The molecule has 3 aromatic heterocycles. The van der Waals surface area contributed by atoms with Crippen molar-refractivity contribution < 1.29 is 26.7 Å². The van der Waals surface area contributed by atoms with Gasteiger partial charge in [-0.25, -0.2) is 26.9 Å². The molecule has 6 aromatic rings. The quantitative estimate of drug-likeness (QED) is 0.0659. The molecule has 0 bridgehead atoms. The zero-order chi connectivity index (χ0) is 39.8. The molecule has 3 aromatic carbocycles. The Bertz CT molecular complexity index is 2450. The lowest BCUT2D eigenvalue weighted by atomic mass is 9.97. The zero-order valence-corrected chi connectivity index (χ0v) is 32.0. The molecule has 7 rings (SSSR count). The summed E-state index contributed by atoms with van der Waals surface area (Å²) in [4.78, 5) is 18.1. The van der Waals surface area contributed by atoms with E-state index >= 15 is 8.78 Å². The monoisotopic (exact) mass is 795 g/mol. The first kappa shape index (κ1) is 39.2. The summed E-state index contributed by atoms with van der Waals surface area (Å²) in [7, 11) is -4.26. The van der Waals surface area contributed by atoms with Gasteiger partial charge >= 0.3 is 0 Å². The number of benzene rings is 3. The largest absolute Gasteiger partial charge is 0.476 e. The zero-order valence-electron chi connectivity index (χ0n) is 31.2. The number of carbonyl (C=O) groups is 1. The van der Waals surface area contributed by atoms with Crippen LogP contribution in [0.4, 0.5) is 14.5 Å². The first-order valence-electron chi connectivity index (χ1n) is 18.9. The van der Waals surface area contributed by atoms with Crippen LogP contribution in [0.3, 0.4) is 0 Å². The van der Waals surface area contributed by atoms with Gasteiger partial charge in [-0.2, -0.15) is 0 Å². The summed E-state index contributed by atoms with van der Waals surface area (Å²) in [6.45, 7) is 7.71. The van der Waals surface area contributed by atoms with Crippen LogP contribution in [0.25, 0.3) is 39.1 Å². The number of likely N-dealkylation sites (tertiary alicyclic amines) is 1. The van der Waals surface area contributed by atoms with Gasteiger partial charge in [0.05, 0.1) is 28.8 Å². The molecular formula is C41H43F2N9O4S. The van der Waals surface area contributed by atoms with Crippen LogP contribution in [-0.2, 0) is 14.8 Å². The fourth-order valence-electron chi connectivity index (χ4n) is 6.81. The van der Waals surface area contributed by atoms with Crippen molar-refractivity contribution in [3.63, 3.8) is 0 Å². The second kappa shape index (κ2) is 17.9. The second-order valence-corrected chi connectivity index (χ2v) is 15.6. The standard InChI is InChI=1S/C41H43F2N9O4S/c1-2-37(53)44-19-8-3-4-9-20-51-21-17-28(18-22-51)27-56-41-33-24-31(25-45-40(33)47-48-41)36-26-52(50-46-36)39-34(42)15-16-35(38(39)43)49-57(54,55)32-14-10-13-30(23-32)29-11-6-5-7-12-29/h2,5-7,10-16,23-26,28,49H,1,3-4,8-9,17-22,27H2,(H,44,53)(H,45,47,48). The van der Waals surface area contributed by atoms with E-state index in [1.807, 2.05) is 30.3 Å². The van der Waals surface area contributed by atoms with Crippen molar-refractivity contribution in [2.24, 2.45) is 5.92 Å². The van der Waals surface area contributed by atoms with Crippen molar-refractivity contribution in [3.8, 4) is 34.0 Å². The molecule has 0 spiro atoms. The van der Waals surface area contributed by atoms with Crippen molar-refractivity contribution in [1.82, 2.24) is 40.4 Å². The van der Waals surface area contributed by atoms with Gasteiger partial charge in [0.15, 0.2) is 17.3 Å². The van der Waals surface area contributed by atoms with Gasteiger partial charge in [0.2, 0.25) is 11.8 Å². The Hall–Kier alpha value is -6.00. The van der Waals surface area contributed by atoms with Crippen molar-refractivity contribution in [3.05, 3.63) is 109 Å². The number of piperidine rings is 1. The molecule has 1 fully saturated rings. The number of nitrogens with one attached hydrogen (secondary N) is 3. The van der Waals surface area contributed by atoms with Crippen LogP contribution in [0.1, 0.15) is 38.5 Å². The fourth-order valence-corrected chi connectivity index (χ4v) is 7.92. The minimum absolute atomic E-state index is 0.0868. The number of pyridine rings is 1. The number of halogens is 2. The predicted octanol–water partition coefficient (Wildman–Crippen LogP) is 6.91. The molecule has 13 nitrogen and oxygen atoms in total. The third-order valence-corrected chi connectivity index (χ3v) is 11.4. The third-order valence-electron chi connectivity index (χ3n) is 10.0. The Balaban J connectivity index is 0.966.